The highest BCUT2D eigenvalue weighted by Crippen LogP contribution is 2.36. The minimum Gasteiger partial charge on any atom is -0.393 e. The van der Waals surface area contributed by atoms with E-state index in [1.807, 2.05) is 19.1 Å². The molecule has 0 radical (unpaired) electrons. The molecule has 0 heterocycles. The Bertz CT molecular complexity index is 825. The summed E-state index contributed by atoms with van der Waals surface area (Å²) in [5.41, 5.74) is -0.216. The van der Waals surface area contributed by atoms with Gasteiger partial charge in [0.1, 0.15) is 0 Å². The molecule has 1 amide bonds. The average molecular weight is 484 g/mol. The molecule has 34 heavy (non-hydrogen) atoms. The number of rotatable bonds is 12. The second-order valence-electron chi connectivity index (χ2n) is 8.85. The first-order chi connectivity index (χ1) is 16.1. The number of carbonyl (C=O) groups is 1. The fourth-order valence-electron chi connectivity index (χ4n) is 4.31. The highest BCUT2D eigenvalue weighted by atomic mass is 19.4. The van der Waals surface area contributed by atoms with Gasteiger partial charge in [-0.05, 0) is 56.6 Å². The van der Waals surface area contributed by atoms with E-state index < -0.39 is 30.1 Å². The highest BCUT2D eigenvalue weighted by molar-refractivity contribution is 5.75. The number of nitrogens with one attached hydrogen (secondary N) is 1. The molecule has 4 N–H and O–H groups in total. The summed E-state index contributed by atoms with van der Waals surface area (Å²) < 4.78 is 38.5. The zero-order chi connectivity index (χ0) is 25.1. The third-order valence-electron chi connectivity index (χ3n) is 6.18. The van der Waals surface area contributed by atoms with Crippen molar-refractivity contribution in [2.75, 3.05) is 6.54 Å². The molecule has 1 saturated carbocycles. The van der Waals surface area contributed by atoms with Gasteiger partial charge >= 0.3 is 6.18 Å². The van der Waals surface area contributed by atoms with Crippen LogP contribution in [-0.2, 0) is 17.4 Å². The summed E-state index contributed by atoms with van der Waals surface area (Å²) in [5, 5.41) is 33.7. The highest BCUT2D eigenvalue weighted by Gasteiger charge is 2.39. The number of carbonyl (C=O) groups excluding carboxylic acids is 1. The molecule has 5 nitrogen and oxygen atoms in total. The van der Waals surface area contributed by atoms with E-state index in [0.717, 1.165) is 25.0 Å². The predicted molar refractivity (Wildman–Crippen MR) is 125 cm³/mol. The first kappa shape index (κ1) is 28.1. The summed E-state index contributed by atoms with van der Waals surface area (Å²) >= 11 is 0. The van der Waals surface area contributed by atoms with Crippen LogP contribution in [0, 0.1) is 11.8 Å². The topological polar surface area (TPSA) is 89.8 Å². The molecule has 1 aliphatic rings. The lowest BCUT2D eigenvalue weighted by molar-refractivity contribution is -0.137. The SMILES string of the molecule is CCNC(=O)CCC/C=C/C[C@@H]1[C@@H](/C=C/[C@@H](O)CCc2cccc(C(F)(F)F)c2)[C@H](O)C[C@@H]1O. The Morgan fingerprint density at radius 1 is 1.24 bits per heavy atom. The Hall–Kier alpha value is -2.16. The summed E-state index contributed by atoms with van der Waals surface area (Å²) in [5.74, 6) is -0.484. The van der Waals surface area contributed by atoms with E-state index in [1.54, 1.807) is 18.2 Å². The smallest absolute Gasteiger partial charge is 0.393 e. The zero-order valence-corrected chi connectivity index (χ0v) is 19.5. The van der Waals surface area contributed by atoms with Crippen molar-refractivity contribution in [1.82, 2.24) is 5.32 Å². The number of alkyl halides is 3. The van der Waals surface area contributed by atoms with Crippen molar-refractivity contribution < 1.29 is 33.3 Å². The molecule has 1 aromatic rings. The van der Waals surface area contributed by atoms with Gasteiger partial charge in [0.25, 0.3) is 0 Å². The van der Waals surface area contributed by atoms with Crippen LogP contribution in [-0.4, -0.2) is 46.1 Å². The molecule has 2 rings (SSSR count). The van der Waals surface area contributed by atoms with Gasteiger partial charge in [0.2, 0.25) is 5.91 Å². The summed E-state index contributed by atoms with van der Waals surface area (Å²) in [4.78, 5) is 11.4. The summed E-state index contributed by atoms with van der Waals surface area (Å²) in [6, 6.07) is 5.06. The monoisotopic (exact) mass is 483 g/mol. The lowest BCUT2D eigenvalue weighted by Gasteiger charge is -2.19. The van der Waals surface area contributed by atoms with E-state index in [4.69, 9.17) is 0 Å². The molecular weight excluding hydrogens is 447 g/mol. The minimum absolute atomic E-state index is 0.0297. The molecule has 0 aliphatic heterocycles. The van der Waals surface area contributed by atoms with E-state index >= 15 is 0 Å². The third-order valence-corrected chi connectivity index (χ3v) is 6.18. The summed E-state index contributed by atoms with van der Waals surface area (Å²) in [7, 11) is 0. The van der Waals surface area contributed by atoms with Crippen molar-refractivity contribution in [2.24, 2.45) is 11.8 Å². The lowest BCUT2D eigenvalue weighted by atomic mass is 9.89. The molecule has 0 saturated heterocycles. The predicted octanol–water partition coefficient (Wildman–Crippen LogP) is 4.17. The molecule has 1 aliphatic carbocycles. The Kier molecular flexibility index (Phi) is 11.3. The fourth-order valence-corrected chi connectivity index (χ4v) is 4.31. The largest absolute Gasteiger partial charge is 0.416 e. The molecule has 190 valence electrons. The molecule has 0 unspecified atom stereocenters. The Balaban J connectivity index is 1.84. The number of halogens is 3. The maximum atomic E-state index is 12.8. The van der Waals surface area contributed by atoms with Crippen molar-refractivity contribution >= 4 is 5.91 Å². The van der Waals surface area contributed by atoms with E-state index in [-0.39, 0.29) is 37.0 Å². The zero-order valence-electron chi connectivity index (χ0n) is 19.5. The van der Waals surface area contributed by atoms with E-state index in [9.17, 15) is 33.3 Å². The Morgan fingerprint density at radius 2 is 2.00 bits per heavy atom. The fraction of sp³-hybridized carbons (Fsp3) is 0.577. The van der Waals surface area contributed by atoms with Crippen molar-refractivity contribution in [3.8, 4) is 0 Å². The normalized spacial score (nSPS) is 24.2. The van der Waals surface area contributed by atoms with E-state index in [1.165, 1.54) is 6.07 Å². The van der Waals surface area contributed by atoms with Gasteiger partial charge in [0, 0.05) is 25.3 Å². The van der Waals surface area contributed by atoms with Crippen LogP contribution in [0.5, 0.6) is 0 Å². The maximum absolute atomic E-state index is 12.8. The maximum Gasteiger partial charge on any atom is 0.416 e. The van der Waals surface area contributed by atoms with Gasteiger partial charge in [-0.3, -0.25) is 4.79 Å². The molecule has 5 atom stereocenters. The van der Waals surface area contributed by atoms with Gasteiger partial charge in [-0.1, -0.05) is 42.5 Å². The van der Waals surface area contributed by atoms with Gasteiger partial charge in [-0.15, -0.1) is 0 Å². The van der Waals surface area contributed by atoms with Crippen molar-refractivity contribution in [3.05, 3.63) is 59.7 Å². The van der Waals surface area contributed by atoms with Crippen LogP contribution in [0.25, 0.3) is 0 Å². The Labute approximate surface area is 199 Å². The molecular formula is C26H36F3NO4. The molecule has 8 heteroatoms. The Morgan fingerprint density at radius 3 is 2.71 bits per heavy atom. The number of amides is 1. The molecule has 1 fully saturated rings. The van der Waals surface area contributed by atoms with Gasteiger partial charge < -0.3 is 20.6 Å². The summed E-state index contributed by atoms with van der Waals surface area (Å²) in [6.45, 7) is 2.49. The number of allylic oxidation sites excluding steroid dienone is 2. The first-order valence-electron chi connectivity index (χ1n) is 11.9. The van der Waals surface area contributed by atoms with Crippen LogP contribution in [0.4, 0.5) is 13.2 Å². The van der Waals surface area contributed by atoms with Gasteiger partial charge in [0.15, 0.2) is 0 Å². The van der Waals surface area contributed by atoms with Crippen molar-refractivity contribution in [2.45, 2.75) is 76.4 Å². The first-order valence-corrected chi connectivity index (χ1v) is 11.9. The van der Waals surface area contributed by atoms with Crippen LogP contribution < -0.4 is 5.32 Å². The van der Waals surface area contributed by atoms with Gasteiger partial charge in [0.05, 0.1) is 23.9 Å². The number of aryl methyl sites for hydroxylation is 1. The molecule has 0 bridgehead atoms. The van der Waals surface area contributed by atoms with Crippen LogP contribution in [0.1, 0.15) is 56.6 Å². The molecule has 0 aromatic heterocycles. The van der Waals surface area contributed by atoms with Crippen LogP contribution in [0.3, 0.4) is 0 Å². The molecule has 0 spiro atoms. The number of hydrogen-bond acceptors (Lipinski definition) is 4. The van der Waals surface area contributed by atoms with E-state index in [2.05, 4.69) is 5.32 Å². The summed E-state index contributed by atoms with van der Waals surface area (Å²) in [6.07, 6.45) is 3.84. The second-order valence-corrected chi connectivity index (χ2v) is 8.85. The number of unbranched alkanes of at least 4 members (excludes halogenated alkanes) is 1. The quantitative estimate of drug-likeness (QED) is 0.265. The number of aliphatic hydroxyl groups excluding tert-OH is 3. The minimum atomic E-state index is -4.40. The van der Waals surface area contributed by atoms with Gasteiger partial charge in [-0.2, -0.15) is 13.2 Å². The standard InChI is InChI=1S/C26H36F3NO4/c1-2-30-25(34)11-6-4-3-5-10-21-22(24(33)17-23(21)32)15-14-20(31)13-12-18-8-7-9-19(16-18)26(27,28)29/h3,5,7-9,14-16,20-24,31-33H,2,4,6,10-13,17H2,1H3,(H,30,34)/b5-3+,15-14+/t20-,21+,22+,23-,24+/m0/s1. The van der Waals surface area contributed by atoms with Crippen LogP contribution in [0.2, 0.25) is 0 Å². The number of benzene rings is 1. The lowest BCUT2D eigenvalue weighted by Crippen LogP contribution is -2.21. The van der Waals surface area contributed by atoms with Crippen molar-refractivity contribution in [1.29, 1.82) is 0 Å². The van der Waals surface area contributed by atoms with E-state index in [0.29, 0.717) is 24.9 Å². The third kappa shape index (κ3) is 9.24. The number of hydrogen-bond donors (Lipinski definition) is 4. The number of aliphatic hydroxyl groups is 3. The second kappa shape index (κ2) is 13.7. The van der Waals surface area contributed by atoms with Gasteiger partial charge in [-0.25, -0.2) is 0 Å². The van der Waals surface area contributed by atoms with Crippen molar-refractivity contribution in [3.63, 3.8) is 0 Å². The van der Waals surface area contributed by atoms with Crippen LogP contribution in [0.15, 0.2) is 48.6 Å². The average Bonchev–Trinajstić information content (AvgIpc) is 3.05. The van der Waals surface area contributed by atoms with Crippen LogP contribution >= 0.6 is 0 Å². The molecule has 1 aromatic carbocycles.